The van der Waals surface area contributed by atoms with E-state index >= 15 is 0 Å². The molecule has 1 aromatic heterocycles. The molecule has 0 saturated carbocycles. The van der Waals surface area contributed by atoms with E-state index in [-0.39, 0.29) is 6.61 Å². The standard InChI is InChI=1S/C18H16ClN3O3/c19-15-9-5-4-8-14(15)17-21-16(25-22-17)10-11-20-18(23)24-12-13-6-2-1-3-7-13/h1-9H,10-12H2,(H,20,23). The van der Waals surface area contributed by atoms with Crippen molar-refractivity contribution in [3.8, 4) is 11.4 Å². The number of alkyl carbamates (subject to hydrolysis) is 1. The lowest BCUT2D eigenvalue weighted by atomic mass is 10.2. The molecule has 3 rings (SSSR count). The molecule has 0 spiro atoms. The Morgan fingerprint density at radius 3 is 2.68 bits per heavy atom. The van der Waals surface area contributed by atoms with Gasteiger partial charge < -0.3 is 14.6 Å². The number of hydrogen-bond donors (Lipinski definition) is 1. The minimum Gasteiger partial charge on any atom is -0.445 e. The molecule has 1 heterocycles. The number of rotatable bonds is 6. The van der Waals surface area contributed by atoms with Crippen LogP contribution in [0.2, 0.25) is 5.02 Å². The maximum Gasteiger partial charge on any atom is 0.407 e. The van der Waals surface area contributed by atoms with Crippen LogP contribution in [0.4, 0.5) is 4.79 Å². The number of aromatic nitrogens is 2. The largest absolute Gasteiger partial charge is 0.445 e. The Bertz CT molecular complexity index is 836. The van der Waals surface area contributed by atoms with E-state index in [1.54, 1.807) is 6.07 Å². The average molecular weight is 358 g/mol. The molecule has 0 bridgehead atoms. The summed E-state index contributed by atoms with van der Waals surface area (Å²) >= 11 is 6.10. The monoisotopic (exact) mass is 357 g/mol. The van der Waals surface area contributed by atoms with E-state index in [1.807, 2.05) is 48.5 Å². The van der Waals surface area contributed by atoms with Crippen molar-refractivity contribution in [1.82, 2.24) is 15.5 Å². The Morgan fingerprint density at radius 1 is 1.12 bits per heavy atom. The van der Waals surface area contributed by atoms with Gasteiger partial charge >= 0.3 is 6.09 Å². The van der Waals surface area contributed by atoms with Crippen molar-refractivity contribution in [3.63, 3.8) is 0 Å². The summed E-state index contributed by atoms with van der Waals surface area (Å²) in [6.07, 6.45) is -0.0903. The van der Waals surface area contributed by atoms with Crippen molar-refractivity contribution in [1.29, 1.82) is 0 Å². The van der Waals surface area contributed by atoms with Crippen LogP contribution in [0.1, 0.15) is 11.5 Å². The first kappa shape index (κ1) is 17.0. The highest BCUT2D eigenvalue weighted by Gasteiger charge is 2.11. The number of hydrogen-bond acceptors (Lipinski definition) is 5. The lowest BCUT2D eigenvalue weighted by Gasteiger charge is -2.05. The van der Waals surface area contributed by atoms with E-state index < -0.39 is 6.09 Å². The van der Waals surface area contributed by atoms with Gasteiger partial charge in [-0.3, -0.25) is 0 Å². The number of benzene rings is 2. The predicted molar refractivity (Wildman–Crippen MR) is 93.1 cm³/mol. The number of amides is 1. The van der Waals surface area contributed by atoms with E-state index in [1.165, 1.54) is 0 Å². The summed E-state index contributed by atoms with van der Waals surface area (Å²) in [7, 11) is 0. The van der Waals surface area contributed by atoms with Crippen molar-refractivity contribution in [2.45, 2.75) is 13.0 Å². The highest BCUT2D eigenvalue weighted by atomic mass is 35.5. The molecule has 0 fully saturated rings. The predicted octanol–water partition coefficient (Wildman–Crippen LogP) is 3.86. The Morgan fingerprint density at radius 2 is 1.88 bits per heavy atom. The maximum atomic E-state index is 11.7. The Labute approximate surface area is 149 Å². The van der Waals surface area contributed by atoms with Crippen LogP contribution in [0.25, 0.3) is 11.4 Å². The normalized spacial score (nSPS) is 10.4. The summed E-state index contributed by atoms with van der Waals surface area (Å²) in [5.74, 6) is 0.838. The van der Waals surface area contributed by atoms with Gasteiger partial charge in [0.1, 0.15) is 6.61 Å². The lowest BCUT2D eigenvalue weighted by molar-refractivity contribution is 0.139. The summed E-state index contributed by atoms with van der Waals surface area (Å²) < 4.78 is 10.3. The third-order valence-electron chi connectivity index (χ3n) is 3.40. The molecule has 0 aliphatic rings. The van der Waals surface area contributed by atoms with E-state index in [0.717, 1.165) is 5.56 Å². The molecule has 1 N–H and O–H groups in total. The first-order valence-corrected chi connectivity index (χ1v) is 8.12. The van der Waals surface area contributed by atoms with Gasteiger partial charge in [0.25, 0.3) is 0 Å². The number of carbonyl (C=O) groups is 1. The minimum atomic E-state index is -0.491. The lowest BCUT2D eigenvalue weighted by Crippen LogP contribution is -2.26. The van der Waals surface area contributed by atoms with Gasteiger partial charge in [0.05, 0.1) is 5.02 Å². The number of ether oxygens (including phenoxy) is 1. The highest BCUT2D eigenvalue weighted by Crippen LogP contribution is 2.24. The van der Waals surface area contributed by atoms with E-state index in [0.29, 0.717) is 35.3 Å². The fraction of sp³-hybridized carbons (Fsp3) is 0.167. The molecule has 3 aromatic rings. The third kappa shape index (κ3) is 4.81. The van der Waals surface area contributed by atoms with Crippen LogP contribution in [0.5, 0.6) is 0 Å². The zero-order chi connectivity index (χ0) is 17.5. The summed E-state index contributed by atoms with van der Waals surface area (Å²) in [4.78, 5) is 15.9. The van der Waals surface area contributed by atoms with Crippen molar-refractivity contribution < 1.29 is 14.1 Å². The summed E-state index contributed by atoms with van der Waals surface area (Å²) in [5.41, 5.74) is 1.63. The van der Waals surface area contributed by atoms with Crippen LogP contribution in [0.15, 0.2) is 59.1 Å². The van der Waals surface area contributed by atoms with Crippen LogP contribution in [-0.4, -0.2) is 22.8 Å². The van der Waals surface area contributed by atoms with E-state index in [4.69, 9.17) is 20.9 Å². The van der Waals surface area contributed by atoms with Gasteiger partial charge in [-0.15, -0.1) is 0 Å². The zero-order valence-electron chi connectivity index (χ0n) is 13.3. The molecular weight excluding hydrogens is 342 g/mol. The molecular formula is C18H16ClN3O3. The maximum absolute atomic E-state index is 11.7. The fourth-order valence-electron chi connectivity index (χ4n) is 2.15. The molecule has 0 radical (unpaired) electrons. The Balaban J connectivity index is 1.45. The minimum absolute atomic E-state index is 0.226. The zero-order valence-corrected chi connectivity index (χ0v) is 14.1. The van der Waals surface area contributed by atoms with Crippen LogP contribution in [0.3, 0.4) is 0 Å². The van der Waals surface area contributed by atoms with Crippen molar-refractivity contribution >= 4 is 17.7 Å². The molecule has 0 atom stereocenters. The van der Waals surface area contributed by atoms with Crippen LogP contribution < -0.4 is 5.32 Å². The van der Waals surface area contributed by atoms with Gasteiger partial charge in [-0.25, -0.2) is 4.79 Å². The molecule has 6 nitrogen and oxygen atoms in total. The topological polar surface area (TPSA) is 77.3 Å². The van der Waals surface area contributed by atoms with Crippen LogP contribution in [-0.2, 0) is 17.8 Å². The molecule has 0 unspecified atom stereocenters. The Kier molecular flexibility index (Phi) is 5.64. The molecule has 25 heavy (non-hydrogen) atoms. The summed E-state index contributed by atoms with van der Waals surface area (Å²) in [6, 6.07) is 16.7. The number of carbonyl (C=O) groups excluding carboxylic acids is 1. The summed E-state index contributed by atoms with van der Waals surface area (Å²) in [5, 5.41) is 7.11. The molecule has 128 valence electrons. The van der Waals surface area contributed by atoms with Crippen molar-refractivity contribution in [2.24, 2.45) is 0 Å². The van der Waals surface area contributed by atoms with Crippen molar-refractivity contribution in [2.75, 3.05) is 6.54 Å². The van der Waals surface area contributed by atoms with Gasteiger partial charge in [-0.2, -0.15) is 4.98 Å². The van der Waals surface area contributed by atoms with E-state index in [9.17, 15) is 4.79 Å². The molecule has 1 amide bonds. The third-order valence-corrected chi connectivity index (χ3v) is 3.73. The summed E-state index contributed by atoms with van der Waals surface area (Å²) in [6.45, 7) is 0.557. The first-order valence-electron chi connectivity index (χ1n) is 7.74. The molecule has 7 heteroatoms. The number of halogens is 1. The Hall–Kier alpha value is -2.86. The van der Waals surface area contributed by atoms with Gasteiger partial charge in [0.15, 0.2) is 0 Å². The second kappa shape index (κ2) is 8.30. The molecule has 0 saturated heterocycles. The average Bonchev–Trinajstić information content (AvgIpc) is 3.10. The fourth-order valence-corrected chi connectivity index (χ4v) is 2.37. The number of nitrogens with zero attached hydrogens (tertiary/aromatic N) is 2. The smallest absolute Gasteiger partial charge is 0.407 e. The van der Waals surface area contributed by atoms with Gasteiger partial charge in [0, 0.05) is 18.5 Å². The van der Waals surface area contributed by atoms with Gasteiger partial charge in [-0.1, -0.05) is 59.2 Å². The molecule has 0 aliphatic heterocycles. The first-order chi connectivity index (χ1) is 12.2. The number of nitrogens with one attached hydrogen (secondary N) is 1. The van der Waals surface area contributed by atoms with Crippen LogP contribution >= 0.6 is 11.6 Å². The van der Waals surface area contributed by atoms with E-state index in [2.05, 4.69) is 15.5 Å². The second-order valence-corrected chi connectivity index (χ2v) is 5.64. The van der Waals surface area contributed by atoms with Crippen molar-refractivity contribution in [3.05, 3.63) is 71.1 Å². The molecule has 2 aromatic carbocycles. The molecule has 0 aliphatic carbocycles. The highest BCUT2D eigenvalue weighted by molar-refractivity contribution is 6.33. The second-order valence-electron chi connectivity index (χ2n) is 5.23. The van der Waals surface area contributed by atoms with Gasteiger partial charge in [-0.05, 0) is 17.7 Å². The van der Waals surface area contributed by atoms with Crippen LogP contribution in [0, 0.1) is 0 Å². The quantitative estimate of drug-likeness (QED) is 0.724. The SMILES string of the molecule is O=C(NCCc1nc(-c2ccccc2Cl)no1)OCc1ccccc1. The van der Waals surface area contributed by atoms with Gasteiger partial charge in [0.2, 0.25) is 11.7 Å².